The molecule has 1 aliphatic rings. The van der Waals surface area contributed by atoms with Crippen LogP contribution in [0.2, 0.25) is 0 Å². The lowest BCUT2D eigenvalue weighted by molar-refractivity contribution is -0.0892. The first-order chi connectivity index (χ1) is 4.93. The van der Waals surface area contributed by atoms with E-state index < -0.39 is 0 Å². The maximum atomic E-state index is 5.08. The first kappa shape index (κ1) is 7.55. The van der Waals surface area contributed by atoms with Crippen LogP contribution in [0.4, 0.5) is 0 Å². The second-order valence-electron chi connectivity index (χ2n) is 1.89. The first-order valence-corrected chi connectivity index (χ1v) is 3.18. The number of hydrogen-bond donors (Lipinski definition) is 0. The molecule has 0 saturated carbocycles. The normalized spacial score (nSPS) is 19.1. The van der Waals surface area contributed by atoms with E-state index in [9.17, 15) is 0 Å². The lowest BCUT2D eigenvalue weighted by Crippen LogP contribution is -2.16. The third-order valence-electron chi connectivity index (χ3n) is 1.13. The van der Waals surface area contributed by atoms with E-state index in [0.29, 0.717) is 26.4 Å². The van der Waals surface area contributed by atoms with Gasteiger partial charge in [-0.1, -0.05) is 5.92 Å². The molecule has 1 fully saturated rings. The predicted octanol–water partition coefficient (Wildman–Crippen LogP) is 0.00910. The molecule has 10 heavy (non-hydrogen) atoms. The topological polar surface area (TPSA) is 27.7 Å². The van der Waals surface area contributed by atoms with Crippen LogP contribution in [-0.4, -0.2) is 32.7 Å². The summed E-state index contributed by atoms with van der Waals surface area (Å²) in [5, 5.41) is 0. The van der Waals surface area contributed by atoms with Crippen LogP contribution >= 0.6 is 0 Å². The van der Waals surface area contributed by atoms with E-state index in [-0.39, 0.29) is 6.29 Å². The summed E-state index contributed by atoms with van der Waals surface area (Å²) in [5.74, 6) is 2.36. The van der Waals surface area contributed by atoms with Gasteiger partial charge in [0.1, 0.15) is 6.61 Å². The summed E-state index contributed by atoms with van der Waals surface area (Å²) in [6.07, 6.45) is 4.76. The van der Waals surface area contributed by atoms with Crippen molar-refractivity contribution in [3.05, 3.63) is 0 Å². The first-order valence-electron chi connectivity index (χ1n) is 3.18. The fourth-order valence-electron chi connectivity index (χ4n) is 0.718. The molecular weight excluding hydrogens is 132 g/mol. The standard InChI is InChI=1S/C7H10O3/c1-2-3-8-6-7-9-4-5-10-7/h1,7H,3-6H2. The molecule has 3 heteroatoms. The molecule has 1 aliphatic heterocycles. The van der Waals surface area contributed by atoms with Crippen molar-refractivity contribution in [3.8, 4) is 12.3 Å². The minimum atomic E-state index is -0.201. The Hall–Kier alpha value is -0.560. The van der Waals surface area contributed by atoms with Gasteiger partial charge in [0.25, 0.3) is 0 Å². The van der Waals surface area contributed by atoms with Gasteiger partial charge in [0.15, 0.2) is 6.29 Å². The Morgan fingerprint density at radius 3 is 2.80 bits per heavy atom. The van der Waals surface area contributed by atoms with Gasteiger partial charge in [-0.25, -0.2) is 0 Å². The summed E-state index contributed by atoms with van der Waals surface area (Å²) in [5.41, 5.74) is 0. The molecule has 1 saturated heterocycles. The van der Waals surface area contributed by atoms with E-state index >= 15 is 0 Å². The van der Waals surface area contributed by atoms with Gasteiger partial charge in [0, 0.05) is 0 Å². The Morgan fingerprint density at radius 1 is 1.50 bits per heavy atom. The minimum Gasteiger partial charge on any atom is -0.364 e. The highest BCUT2D eigenvalue weighted by Crippen LogP contribution is 2.02. The van der Waals surface area contributed by atoms with Gasteiger partial charge in [-0.2, -0.15) is 0 Å². The lowest BCUT2D eigenvalue weighted by atomic mass is 10.7. The van der Waals surface area contributed by atoms with Crippen LogP contribution in [0.15, 0.2) is 0 Å². The van der Waals surface area contributed by atoms with Gasteiger partial charge >= 0.3 is 0 Å². The highest BCUT2D eigenvalue weighted by molar-refractivity contribution is 4.82. The second-order valence-corrected chi connectivity index (χ2v) is 1.89. The molecule has 0 unspecified atom stereocenters. The number of hydrogen-bond acceptors (Lipinski definition) is 3. The van der Waals surface area contributed by atoms with Crippen LogP contribution < -0.4 is 0 Å². The summed E-state index contributed by atoms with van der Waals surface area (Å²) in [6, 6.07) is 0. The fourth-order valence-corrected chi connectivity index (χ4v) is 0.718. The second kappa shape index (κ2) is 4.29. The van der Waals surface area contributed by atoms with Crippen LogP contribution in [-0.2, 0) is 14.2 Å². The van der Waals surface area contributed by atoms with Crippen LogP contribution in [0, 0.1) is 12.3 Å². The number of ether oxygens (including phenoxy) is 3. The highest BCUT2D eigenvalue weighted by atomic mass is 16.7. The molecule has 1 heterocycles. The maximum Gasteiger partial charge on any atom is 0.181 e. The van der Waals surface area contributed by atoms with Crippen molar-refractivity contribution in [3.63, 3.8) is 0 Å². The third-order valence-corrected chi connectivity index (χ3v) is 1.13. The van der Waals surface area contributed by atoms with Crippen LogP contribution in [0.5, 0.6) is 0 Å². The molecule has 0 radical (unpaired) electrons. The summed E-state index contributed by atoms with van der Waals surface area (Å²) in [6.45, 7) is 2.07. The van der Waals surface area contributed by atoms with Gasteiger partial charge in [-0.15, -0.1) is 6.42 Å². The van der Waals surface area contributed by atoms with Crippen molar-refractivity contribution in [2.24, 2.45) is 0 Å². The molecule has 0 aliphatic carbocycles. The molecule has 0 bridgehead atoms. The summed E-state index contributed by atoms with van der Waals surface area (Å²) >= 11 is 0. The molecule has 56 valence electrons. The van der Waals surface area contributed by atoms with Gasteiger partial charge in [0.05, 0.1) is 19.8 Å². The van der Waals surface area contributed by atoms with Gasteiger partial charge in [-0.3, -0.25) is 0 Å². The van der Waals surface area contributed by atoms with E-state index in [1.165, 1.54) is 0 Å². The number of rotatable bonds is 3. The van der Waals surface area contributed by atoms with Crippen LogP contribution in [0.1, 0.15) is 0 Å². The predicted molar refractivity (Wildman–Crippen MR) is 35.3 cm³/mol. The zero-order valence-corrected chi connectivity index (χ0v) is 5.71. The molecule has 3 nitrogen and oxygen atoms in total. The van der Waals surface area contributed by atoms with E-state index in [0.717, 1.165) is 0 Å². The Kier molecular flexibility index (Phi) is 3.23. The molecule has 0 aromatic carbocycles. The molecule has 0 amide bonds. The molecule has 0 aromatic rings. The molecular formula is C7H10O3. The Bertz CT molecular complexity index is 121. The Morgan fingerprint density at radius 2 is 2.20 bits per heavy atom. The van der Waals surface area contributed by atoms with Crippen molar-refractivity contribution >= 4 is 0 Å². The molecule has 0 N–H and O–H groups in total. The maximum absolute atomic E-state index is 5.08. The van der Waals surface area contributed by atoms with Crippen molar-refractivity contribution < 1.29 is 14.2 Å². The quantitative estimate of drug-likeness (QED) is 0.410. The van der Waals surface area contributed by atoms with Crippen molar-refractivity contribution in [2.75, 3.05) is 26.4 Å². The van der Waals surface area contributed by atoms with Crippen LogP contribution in [0.3, 0.4) is 0 Å². The largest absolute Gasteiger partial charge is 0.364 e. The zero-order chi connectivity index (χ0) is 7.23. The SMILES string of the molecule is C#CCOCC1OCCO1. The molecule has 1 rings (SSSR count). The summed E-state index contributed by atoms with van der Waals surface area (Å²) < 4.78 is 15.1. The van der Waals surface area contributed by atoms with E-state index in [2.05, 4.69) is 5.92 Å². The van der Waals surface area contributed by atoms with Crippen molar-refractivity contribution in [1.82, 2.24) is 0 Å². The average Bonchev–Trinajstić information content (AvgIpc) is 2.41. The summed E-state index contributed by atoms with van der Waals surface area (Å²) in [7, 11) is 0. The van der Waals surface area contributed by atoms with E-state index in [1.807, 2.05) is 0 Å². The third kappa shape index (κ3) is 2.36. The smallest absolute Gasteiger partial charge is 0.181 e. The van der Waals surface area contributed by atoms with Gasteiger partial charge < -0.3 is 14.2 Å². The molecule has 0 aromatic heterocycles. The Balaban J connectivity index is 1.97. The van der Waals surface area contributed by atoms with Gasteiger partial charge in [0.2, 0.25) is 0 Å². The molecule has 0 atom stereocenters. The highest BCUT2D eigenvalue weighted by Gasteiger charge is 2.14. The van der Waals surface area contributed by atoms with E-state index in [4.69, 9.17) is 20.6 Å². The molecule has 0 spiro atoms. The minimum absolute atomic E-state index is 0.201. The lowest BCUT2D eigenvalue weighted by Gasteiger charge is -2.06. The fraction of sp³-hybridized carbons (Fsp3) is 0.714. The van der Waals surface area contributed by atoms with E-state index in [1.54, 1.807) is 0 Å². The van der Waals surface area contributed by atoms with Crippen molar-refractivity contribution in [1.29, 1.82) is 0 Å². The van der Waals surface area contributed by atoms with Gasteiger partial charge in [-0.05, 0) is 0 Å². The monoisotopic (exact) mass is 142 g/mol. The zero-order valence-electron chi connectivity index (χ0n) is 5.71. The summed E-state index contributed by atoms with van der Waals surface area (Å²) in [4.78, 5) is 0. The number of terminal acetylenes is 1. The van der Waals surface area contributed by atoms with Crippen LogP contribution in [0.25, 0.3) is 0 Å². The average molecular weight is 142 g/mol. The Labute approximate surface area is 60.3 Å². The van der Waals surface area contributed by atoms with Crippen molar-refractivity contribution in [2.45, 2.75) is 6.29 Å².